The zero-order chi connectivity index (χ0) is 12.8. The number of aromatic nitrogens is 1. The maximum Gasteiger partial charge on any atom is 0.259 e. The molecule has 2 rings (SSSR count). The van der Waals surface area contributed by atoms with E-state index in [9.17, 15) is 12.8 Å². The summed E-state index contributed by atoms with van der Waals surface area (Å²) in [7, 11) is -4.18. The van der Waals surface area contributed by atoms with Crippen molar-refractivity contribution in [1.29, 1.82) is 0 Å². The Balaban J connectivity index is 2.72. The monoisotopic (exact) mass is 257 g/mol. The Morgan fingerprint density at radius 2 is 2.00 bits per heavy atom. The molecule has 0 aromatic carbocycles. The van der Waals surface area contributed by atoms with Crippen LogP contribution in [0.1, 0.15) is 20.8 Å². The van der Waals surface area contributed by atoms with Crippen LogP contribution in [0.4, 0.5) is 4.39 Å². The molecule has 0 saturated carbocycles. The van der Waals surface area contributed by atoms with Gasteiger partial charge < -0.3 is 4.74 Å². The summed E-state index contributed by atoms with van der Waals surface area (Å²) in [6.07, 6.45) is 1.29. The Morgan fingerprint density at radius 3 is 2.59 bits per heavy atom. The molecule has 0 radical (unpaired) electrons. The zero-order valence-corrected chi connectivity index (χ0v) is 10.5. The second-order valence-electron chi connectivity index (χ2n) is 4.77. The number of rotatable bonds is 0. The van der Waals surface area contributed by atoms with Gasteiger partial charge in [-0.1, -0.05) is 20.8 Å². The third-order valence-electron chi connectivity index (χ3n) is 2.30. The molecule has 1 aliphatic rings. The van der Waals surface area contributed by atoms with E-state index in [2.05, 4.69) is 4.98 Å². The average Bonchev–Trinajstić information content (AvgIpc) is 2.22. The Morgan fingerprint density at radius 1 is 1.35 bits per heavy atom. The summed E-state index contributed by atoms with van der Waals surface area (Å²) >= 11 is 0. The molecule has 0 amide bonds. The van der Waals surface area contributed by atoms with Crippen LogP contribution >= 0.6 is 0 Å². The zero-order valence-electron chi connectivity index (χ0n) is 9.69. The largest absolute Gasteiger partial charge is 0.454 e. The van der Waals surface area contributed by atoms with E-state index in [1.807, 2.05) is 0 Å². The number of hydrogen-bond donors (Lipinski definition) is 0. The molecular formula is C11H12FNO3S. The van der Waals surface area contributed by atoms with E-state index in [1.54, 1.807) is 20.8 Å². The maximum atomic E-state index is 13.9. The van der Waals surface area contributed by atoms with Crippen molar-refractivity contribution in [3.05, 3.63) is 29.2 Å². The number of hydrogen-bond acceptors (Lipinski definition) is 4. The topological polar surface area (TPSA) is 56.3 Å². The van der Waals surface area contributed by atoms with Gasteiger partial charge in [0.2, 0.25) is 5.03 Å². The van der Waals surface area contributed by atoms with Crippen LogP contribution in [0.3, 0.4) is 0 Å². The van der Waals surface area contributed by atoms with Crippen molar-refractivity contribution in [2.45, 2.75) is 25.8 Å². The molecule has 0 atom stereocenters. The lowest BCUT2D eigenvalue weighted by Gasteiger charge is -2.27. The van der Waals surface area contributed by atoms with E-state index in [-0.39, 0.29) is 16.5 Å². The van der Waals surface area contributed by atoms with Gasteiger partial charge in [0, 0.05) is 11.6 Å². The molecule has 0 saturated heterocycles. The second-order valence-corrected chi connectivity index (χ2v) is 6.52. The molecule has 6 heteroatoms. The lowest BCUT2D eigenvalue weighted by molar-refractivity contribution is 0.267. The van der Waals surface area contributed by atoms with Crippen molar-refractivity contribution in [2.24, 2.45) is 5.41 Å². The SMILES string of the molecule is CC(C)(C)C1=C(F)S(=O)(=O)c2ncccc2O1. The summed E-state index contributed by atoms with van der Waals surface area (Å²) in [6.45, 7) is 5.04. The van der Waals surface area contributed by atoms with E-state index < -0.39 is 20.4 Å². The first-order valence-electron chi connectivity index (χ1n) is 5.03. The molecule has 92 valence electrons. The highest BCUT2D eigenvalue weighted by Gasteiger charge is 2.40. The number of sulfone groups is 1. The van der Waals surface area contributed by atoms with E-state index in [1.165, 1.54) is 18.3 Å². The highest BCUT2D eigenvalue weighted by Crippen LogP contribution is 2.41. The van der Waals surface area contributed by atoms with Crippen molar-refractivity contribution in [3.63, 3.8) is 0 Å². The van der Waals surface area contributed by atoms with Crippen molar-refractivity contribution in [3.8, 4) is 5.75 Å². The van der Waals surface area contributed by atoms with Gasteiger partial charge in [-0.3, -0.25) is 0 Å². The van der Waals surface area contributed by atoms with Crippen LogP contribution < -0.4 is 4.74 Å². The quantitative estimate of drug-likeness (QED) is 0.716. The van der Waals surface area contributed by atoms with E-state index in [0.29, 0.717) is 0 Å². The lowest BCUT2D eigenvalue weighted by atomic mass is 9.94. The molecule has 2 heterocycles. The highest BCUT2D eigenvalue weighted by atomic mass is 32.2. The number of pyridine rings is 1. The first-order chi connectivity index (χ1) is 7.74. The van der Waals surface area contributed by atoms with Crippen molar-refractivity contribution < 1.29 is 17.5 Å². The number of nitrogens with zero attached hydrogens (tertiary/aromatic N) is 1. The van der Waals surface area contributed by atoms with E-state index in [0.717, 1.165) is 0 Å². The smallest absolute Gasteiger partial charge is 0.259 e. The number of ether oxygens (including phenoxy) is 1. The van der Waals surface area contributed by atoms with Gasteiger partial charge in [0.15, 0.2) is 11.5 Å². The summed E-state index contributed by atoms with van der Waals surface area (Å²) in [4.78, 5) is 3.65. The fraction of sp³-hybridized carbons (Fsp3) is 0.364. The normalized spacial score (nSPS) is 18.6. The summed E-state index contributed by atoms with van der Waals surface area (Å²) in [5.74, 6) is -0.114. The Labute approximate surface area is 99.0 Å². The Kier molecular flexibility index (Phi) is 2.50. The van der Waals surface area contributed by atoms with Gasteiger partial charge in [0.05, 0.1) is 0 Å². The van der Waals surface area contributed by atoms with E-state index >= 15 is 0 Å². The molecular weight excluding hydrogens is 245 g/mol. The summed E-state index contributed by atoms with van der Waals surface area (Å²) in [5.41, 5.74) is -0.731. The Bertz CT molecular complexity index is 599. The van der Waals surface area contributed by atoms with E-state index in [4.69, 9.17) is 4.74 Å². The standard InChI is InChI=1S/C11H12FNO3S/c1-11(2,3)8-9(12)17(14,15)10-7(16-8)5-4-6-13-10/h4-6H,1-3H3. The molecule has 1 aromatic heterocycles. The molecule has 0 spiro atoms. The number of fused-ring (bicyclic) bond motifs is 1. The van der Waals surface area contributed by atoms with Gasteiger partial charge in [0.1, 0.15) is 0 Å². The Hall–Kier alpha value is -1.43. The van der Waals surface area contributed by atoms with Crippen LogP contribution in [0.25, 0.3) is 0 Å². The molecule has 0 aliphatic carbocycles. The fourth-order valence-electron chi connectivity index (χ4n) is 1.46. The highest BCUT2D eigenvalue weighted by molar-refractivity contribution is 7.95. The predicted octanol–water partition coefficient (Wildman–Crippen LogP) is 2.43. The lowest BCUT2D eigenvalue weighted by Crippen LogP contribution is -2.24. The van der Waals surface area contributed by atoms with Gasteiger partial charge in [-0.15, -0.1) is 0 Å². The summed E-state index contributed by atoms with van der Waals surface area (Å²) < 4.78 is 43.0. The third kappa shape index (κ3) is 1.82. The van der Waals surface area contributed by atoms with Crippen molar-refractivity contribution >= 4 is 9.84 Å². The molecule has 4 nitrogen and oxygen atoms in total. The minimum absolute atomic E-state index is 0.0684. The molecule has 17 heavy (non-hydrogen) atoms. The maximum absolute atomic E-state index is 13.9. The molecule has 1 aliphatic heterocycles. The second kappa shape index (κ2) is 3.53. The minimum Gasteiger partial charge on any atom is -0.454 e. The summed E-state index contributed by atoms with van der Waals surface area (Å²) in [5, 5.41) is -1.62. The number of halogens is 1. The van der Waals surface area contributed by atoms with Crippen LogP contribution in [0, 0.1) is 5.41 Å². The van der Waals surface area contributed by atoms with Crippen LogP contribution in [-0.4, -0.2) is 13.4 Å². The molecule has 0 N–H and O–H groups in total. The molecule has 1 aromatic rings. The van der Waals surface area contributed by atoms with Gasteiger partial charge >= 0.3 is 0 Å². The molecule has 0 unspecified atom stereocenters. The first-order valence-corrected chi connectivity index (χ1v) is 6.51. The minimum atomic E-state index is -4.18. The first kappa shape index (κ1) is 12.0. The van der Waals surface area contributed by atoms with Gasteiger partial charge in [-0.05, 0) is 12.1 Å². The third-order valence-corrected chi connectivity index (χ3v) is 3.77. The van der Waals surface area contributed by atoms with Crippen molar-refractivity contribution in [1.82, 2.24) is 4.98 Å². The number of allylic oxidation sites excluding steroid dienone is 1. The predicted molar refractivity (Wildman–Crippen MR) is 59.6 cm³/mol. The molecule has 0 fully saturated rings. The average molecular weight is 257 g/mol. The van der Waals surface area contributed by atoms with Gasteiger partial charge in [-0.2, -0.15) is 4.39 Å². The molecule has 0 bridgehead atoms. The van der Waals surface area contributed by atoms with Crippen molar-refractivity contribution in [2.75, 3.05) is 0 Å². The fourth-order valence-corrected chi connectivity index (χ4v) is 2.80. The summed E-state index contributed by atoms with van der Waals surface area (Å²) in [6, 6.07) is 3.00. The van der Waals surface area contributed by atoms with Crippen LogP contribution in [0.2, 0.25) is 0 Å². The van der Waals surface area contributed by atoms with Crippen LogP contribution in [0.5, 0.6) is 5.75 Å². The van der Waals surface area contributed by atoms with Gasteiger partial charge in [-0.25, -0.2) is 13.4 Å². The van der Waals surface area contributed by atoms with Gasteiger partial charge in [0.25, 0.3) is 15.0 Å². The van der Waals surface area contributed by atoms with Crippen LogP contribution in [-0.2, 0) is 9.84 Å². The van der Waals surface area contributed by atoms with Crippen LogP contribution in [0.15, 0.2) is 34.3 Å².